The number of fused-ring (bicyclic) bond motifs is 1. The maximum absolute atomic E-state index is 12.8. The summed E-state index contributed by atoms with van der Waals surface area (Å²) in [6, 6.07) is 18.4. The third-order valence-corrected chi connectivity index (χ3v) is 4.95. The van der Waals surface area contributed by atoms with Gasteiger partial charge in [-0.2, -0.15) is 0 Å². The summed E-state index contributed by atoms with van der Waals surface area (Å²) in [6.45, 7) is 0. The van der Waals surface area contributed by atoms with E-state index in [1.54, 1.807) is 24.3 Å². The van der Waals surface area contributed by atoms with Crippen molar-refractivity contribution >= 4 is 28.3 Å². The Morgan fingerprint density at radius 3 is 2.16 bits per heavy atom. The molecule has 3 heterocycles. The Bertz CT molecular complexity index is 1440. The van der Waals surface area contributed by atoms with Gasteiger partial charge in [0.05, 0.1) is 27.3 Å². The Morgan fingerprint density at radius 2 is 1.53 bits per heavy atom. The van der Waals surface area contributed by atoms with Crippen LogP contribution in [-0.2, 0) is 0 Å². The SMILES string of the molecule is O=C(Nc1cccc([N+](=O)[O-])c1)c1ccc2nc(-c3ccc[nH]3)c(-c3ccc[nH]3)nc2c1. The number of anilines is 1. The smallest absolute Gasteiger partial charge is 0.271 e. The van der Waals surface area contributed by atoms with Gasteiger partial charge in [0.25, 0.3) is 11.6 Å². The number of aromatic nitrogens is 4. The molecule has 0 fully saturated rings. The molecule has 0 aliphatic heterocycles. The molecular formula is C23H16N6O3. The zero-order valence-electron chi connectivity index (χ0n) is 16.6. The van der Waals surface area contributed by atoms with Crippen molar-refractivity contribution in [3.05, 3.63) is 94.8 Å². The molecule has 3 N–H and O–H groups in total. The van der Waals surface area contributed by atoms with Crippen molar-refractivity contribution in [3.8, 4) is 22.8 Å². The third-order valence-electron chi connectivity index (χ3n) is 4.95. The topological polar surface area (TPSA) is 130 Å². The molecular weight excluding hydrogens is 408 g/mol. The number of aromatic amines is 2. The van der Waals surface area contributed by atoms with Crippen molar-refractivity contribution < 1.29 is 9.72 Å². The average molecular weight is 424 g/mol. The second-order valence-corrected chi connectivity index (χ2v) is 7.05. The number of non-ortho nitro benzene ring substituents is 1. The van der Waals surface area contributed by atoms with E-state index in [1.165, 1.54) is 18.2 Å². The minimum atomic E-state index is -0.509. The fourth-order valence-corrected chi connectivity index (χ4v) is 3.43. The van der Waals surface area contributed by atoms with Crippen molar-refractivity contribution in [2.45, 2.75) is 0 Å². The van der Waals surface area contributed by atoms with Crippen molar-refractivity contribution in [2.24, 2.45) is 0 Å². The lowest BCUT2D eigenvalue weighted by molar-refractivity contribution is -0.384. The Morgan fingerprint density at radius 1 is 0.844 bits per heavy atom. The van der Waals surface area contributed by atoms with Crippen LogP contribution in [0.1, 0.15) is 10.4 Å². The van der Waals surface area contributed by atoms with Gasteiger partial charge in [0.1, 0.15) is 11.4 Å². The lowest BCUT2D eigenvalue weighted by Crippen LogP contribution is -2.12. The van der Waals surface area contributed by atoms with Crippen LogP contribution < -0.4 is 5.32 Å². The monoisotopic (exact) mass is 424 g/mol. The third kappa shape index (κ3) is 3.58. The zero-order valence-corrected chi connectivity index (χ0v) is 16.6. The first-order valence-electron chi connectivity index (χ1n) is 9.73. The van der Waals surface area contributed by atoms with Gasteiger partial charge >= 0.3 is 0 Å². The second kappa shape index (κ2) is 7.80. The van der Waals surface area contributed by atoms with Crippen molar-refractivity contribution in [3.63, 3.8) is 0 Å². The van der Waals surface area contributed by atoms with Gasteiger partial charge in [0.2, 0.25) is 0 Å². The number of nitro benzene ring substituents is 1. The van der Waals surface area contributed by atoms with E-state index in [-0.39, 0.29) is 5.69 Å². The van der Waals surface area contributed by atoms with Gasteiger partial charge in [0, 0.05) is 35.8 Å². The van der Waals surface area contributed by atoms with Gasteiger partial charge < -0.3 is 15.3 Å². The number of carbonyl (C=O) groups is 1. The fourth-order valence-electron chi connectivity index (χ4n) is 3.43. The van der Waals surface area contributed by atoms with E-state index in [2.05, 4.69) is 15.3 Å². The van der Waals surface area contributed by atoms with Gasteiger partial charge in [-0.25, -0.2) is 9.97 Å². The van der Waals surface area contributed by atoms with E-state index in [0.29, 0.717) is 33.7 Å². The van der Waals surface area contributed by atoms with Crippen LogP contribution in [0.2, 0.25) is 0 Å². The van der Waals surface area contributed by atoms with E-state index < -0.39 is 10.8 Å². The number of nitrogens with zero attached hydrogens (tertiary/aromatic N) is 3. The first-order valence-corrected chi connectivity index (χ1v) is 9.73. The molecule has 5 aromatic rings. The molecule has 0 saturated carbocycles. The molecule has 0 unspecified atom stereocenters. The van der Waals surface area contributed by atoms with Gasteiger partial charge in [-0.15, -0.1) is 0 Å². The molecule has 32 heavy (non-hydrogen) atoms. The molecule has 5 rings (SSSR count). The average Bonchev–Trinajstić information content (AvgIpc) is 3.52. The lowest BCUT2D eigenvalue weighted by Gasteiger charge is -2.10. The molecule has 0 saturated heterocycles. The van der Waals surface area contributed by atoms with Crippen LogP contribution in [0.15, 0.2) is 79.1 Å². The van der Waals surface area contributed by atoms with Crippen molar-refractivity contribution in [2.75, 3.05) is 5.32 Å². The van der Waals surface area contributed by atoms with Crippen LogP contribution in [0.3, 0.4) is 0 Å². The van der Waals surface area contributed by atoms with E-state index in [4.69, 9.17) is 9.97 Å². The van der Waals surface area contributed by atoms with Crippen LogP contribution in [-0.4, -0.2) is 30.8 Å². The van der Waals surface area contributed by atoms with E-state index in [0.717, 1.165) is 11.4 Å². The van der Waals surface area contributed by atoms with E-state index >= 15 is 0 Å². The highest BCUT2D eigenvalue weighted by Crippen LogP contribution is 2.29. The number of H-pyrrole nitrogens is 2. The molecule has 1 amide bonds. The maximum atomic E-state index is 12.8. The second-order valence-electron chi connectivity index (χ2n) is 7.05. The number of rotatable bonds is 5. The van der Waals surface area contributed by atoms with Crippen LogP contribution in [0.5, 0.6) is 0 Å². The Kier molecular flexibility index (Phi) is 4.68. The van der Waals surface area contributed by atoms with E-state index in [1.807, 2.05) is 36.7 Å². The fraction of sp³-hybridized carbons (Fsp3) is 0. The molecule has 0 aliphatic rings. The number of carbonyl (C=O) groups excluding carboxylic acids is 1. The van der Waals surface area contributed by atoms with Crippen LogP contribution >= 0.6 is 0 Å². The van der Waals surface area contributed by atoms with E-state index in [9.17, 15) is 14.9 Å². The minimum absolute atomic E-state index is 0.0976. The van der Waals surface area contributed by atoms with Crippen LogP contribution in [0, 0.1) is 10.1 Å². The minimum Gasteiger partial charge on any atom is -0.360 e. The predicted molar refractivity (Wildman–Crippen MR) is 120 cm³/mol. The predicted octanol–water partition coefficient (Wildman–Crippen LogP) is 4.78. The molecule has 9 nitrogen and oxygen atoms in total. The molecule has 0 radical (unpaired) electrons. The summed E-state index contributed by atoms with van der Waals surface area (Å²) in [7, 11) is 0. The van der Waals surface area contributed by atoms with Crippen LogP contribution in [0.25, 0.3) is 33.8 Å². The van der Waals surface area contributed by atoms with Crippen molar-refractivity contribution in [1.29, 1.82) is 0 Å². The molecule has 3 aromatic heterocycles. The van der Waals surface area contributed by atoms with Crippen LogP contribution in [0.4, 0.5) is 11.4 Å². The Hall–Kier alpha value is -4.79. The largest absolute Gasteiger partial charge is 0.360 e. The number of amides is 1. The summed E-state index contributed by atoms with van der Waals surface area (Å²) < 4.78 is 0. The first kappa shape index (κ1) is 19.2. The molecule has 0 aliphatic carbocycles. The van der Waals surface area contributed by atoms with Crippen molar-refractivity contribution in [1.82, 2.24) is 19.9 Å². The van der Waals surface area contributed by atoms with Gasteiger partial charge in [-0.3, -0.25) is 14.9 Å². The summed E-state index contributed by atoms with van der Waals surface area (Å²) in [5.74, 6) is -0.399. The number of hydrogen-bond acceptors (Lipinski definition) is 5. The standard InChI is InChI=1S/C23H16N6O3/c30-23(26-15-4-1-5-16(13-15)29(31)32)14-8-9-17-20(12-14)28-22(19-7-3-11-25-19)21(27-17)18-6-2-10-24-18/h1-13,24-25H,(H,26,30). The Balaban J connectivity index is 1.54. The molecule has 0 bridgehead atoms. The summed E-state index contributed by atoms with van der Waals surface area (Å²) >= 11 is 0. The summed E-state index contributed by atoms with van der Waals surface area (Å²) in [4.78, 5) is 39.1. The normalized spacial score (nSPS) is 10.9. The Labute approximate surface area is 181 Å². The van der Waals surface area contributed by atoms with Gasteiger partial charge in [-0.05, 0) is 48.5 Å². The molecule has 2 aromatic carbocycles. The highest BCUT2D eigenvalue weighted by atomic mass is 16.6. The quantitative estimate of drug-likeness (QED) is 0.276. The molecule has 9 heteroatoms. The first-order chi connectivity index (χ1) is 15.6. The summed E-state index contributed by atoms with van der Waals surface area (Å²) in [5, 5.41) is 13.7. The number of nitrogens with one attached hydrogen (secondary N) is 3. The van der Waals surface area contributed by atoms with Gasteiger partial charge in [-0.1, -0.05) is 6.07 Å². The molecule has 0 atom stereocenters. The highest BCUT2D eigenvalue weighted by Gasteiger charge is 2.16. The summed E-state index contributed by atoms with van der Waals surface area (Å²) in [5.41, 5.74) is 4.77. The van der Waals surface area contributed by atoms with Gasteiger partial charge in [0.15, 0.2) is 0 Å². The molecule has 0 spiro atoms. The lowest BCUT2D eigenvalue weighted by atomic mass is 10.1. The maximum Gasteiger partial charge on any atom is 0.271 e. The summed E-state index contributed by atoms with van der Waals surface area (Å²) in [6.07, 6.45) is 3.63. The number of benzene rings is 2. The highest BCUT2D eigenvalue weighted by molar-refractivity contribution is 6.06. The zero-order chi connectivity index (χ0) is 22.1. The number of nitro groups is 1. The number of hydrogen-bond donors (Lipinski definition) is 3. The molecule has 156 valence electrons.